The largest absolute Gasteiger partial charge is 0.481 e. The van der Waals surface area contributed by atoms with Crippen LogP contribution in [0.1, 0.15) is 12.0 Å². The lowest BCUT2D eigenvalue weighted by Gasteiger charge is -2.23. The fourth-order valence-corrected chi connectivity index (χ4v) is 1.69. The number of rotatable bonds is 5. The maximum absolute atomic E-state index is 12.5. The lowest BCUT2D eigenvalue weighted by atomic mass is 10.2. The van der Waals surface area contributed by atoms with Gasteiger partial charge in [0.2, 0.25) is 0 Å². The van der Waals surface area contributed by atoms with E-state index in [1.165, 1.54) is 12.1 Å². The van der Waals surface area contributed by atoms with E-state index >= 15 is 0 Å². The molecule has 0 aliphatic heterocycles. The first kappa shape index (κ1) is 16.3. The van der Waals surface area contributed by atoms with E-state index in [1.54, 1.807) is 12.1 Å². The van der Waals surface area contributed by atoms with Crippen molar-refractivity contribution in [3.05, 3.63) is 34.9 Å². The molecule has 0 saturated carbocycles. The van der Waals surface area contributed by atoms with Gasteiger partial charge in [-0.1, -0.05) is 29.8 Å². The molecule has 0 heterocycles. The van der Waals surface area contributed by atoms with Gasteiger partial charge in [-0.05, 0) is 11.6 Å². The summed E-state index contributed by atoms with van der Waals surface area (Å²) in [5.74, 6) is -3.37. The SMILES string of the molecule is O=C(O)CCN(Cc1ccccc1Cl)C(=O)C(F)(F)F. The van der Waals surface area contributed by atoms with Crippen LogP contribution in [0.2, 0.25) is 5.02 Å². The van der Waals surface area contributed by atoms with Gasteiger partial charge < -0.3 is 10.0 Å². The van der Waals surface area contributed by atoms with Crippen molar-refractivity contribution in [3.8, 4) is 0 Å². The van der Waals surface area contributed by atoms with Crippen LogP contribution in [0.15, 0.2) is 24.3 Å². The number of hydrogen-bond donors (Lipinski definition) is 1. The first-order valence-electron chi connectivity index (χ1n) is 5.53. The topological polar surface area (TPSA) is 57.6 Å². The van der Waals surface area contributed by atoms with Gasteiger partial charge >= 0.3 is 18.1 Å². The Labute approximate surface area is 117 Å². The second-order valence-electron chi connectivity index (χ2n) is 3.96. The third kappa shape index (κ3) is 4.73. The zero-order valence-electron chi connectivity index (χ0n) is 10.2. The molecule has 0 fully saturated rings. The molecule has 1 amide bonds. The van der Waals surface area contributed by atoms with E-state index in [9.17, 15) is 22.8 Å². The van der Waals surface area contributed by atoms with E-state index < -0.39 is 37.6 Å². The van der Waals surface area contributed by atoms with Gasteiger partial charge in [0.25, 0.3) is 0 Å². The second kappa shape index (κ2) is 6.60. The van der Waals surface area contributed by atoms with E-state index in [4.69, 9.17) is 16.7 Å². The average Bonchev–Trinajstić information content (AvgIpc) is 2.34. The molecule has 0 unspecified atom stereocenters. The Morgan fingerprint density at radius 3 is 2.35 bits per heavy atom. The third-order valence-corrected chi connectivity index (χ3v) is 2.81. The number of aliphatic carboxylic acids is 1. The lowest BCUT2D eigenvalue weighted by molar-refractivity contribution is -0.186. The molecule has 0 bridgehead atoms. The standard InChI is InChI=1S/C12H11ClF3NO3/c13-9-4-2-1-3-8(9)7-17(6-5-10(18)19)11(20)12(14,15)16/h1-4H,5-7H2,(H,18,19). The highest BCUT2D eigenvalue weighted by Gasteiger charge is 2.42. The Morgan fingerprint density at radius 1 is 1.25 bits per heavy atom. The van der Waals surface area contributed by atoms with Gasteiger partial charge in [0.05, 0.1) is 6.42 Å². The Hall–Kier alpha value is -1.76. The molecule has 1 aromatic rings. The predicted molar refractivity (Wildman–Crippen MR) is 65.2 cm³/mol. The van der Waals surface area contributed by atoms with Gasteiger partial charge in [-0.15, -0.1) is 0 Å². The van der Waals surface area contributed by atoms with Crippen molar-refractivity contribution in [2.75, 3.05) is 6.54 Å². The van der Waals surface area contributed by atoms with Gasteiger partial charge in [0, 0.05) is 18.1 Å². The van der Waals surface area contributed by atoms with Crippen LogP contribution in [0.5, 0.6) is 0 Å². The molecule has 0 aliphatic rings. The first-order valence-corrected chi connectivity index (χ1v) is 5.91. The second-order valence-corrected chi connectivity index (χ2v) is 4.37. The fourth-order valence-electron chi connectivity index (χ4n) is 1.49. The molecule has 0 aliphatic carbocycles. The van der Waals surface area contributed by atoms with Crippen LogP contribution >= 0.6 is 11.6 Å². The number of carbonyl (C=O) groups excluding carboxylic acids is 1. The van der Waals surface area contributed by atoms with E-state index in [1.807, 2.05) is 0 Å². The van der Waals surface area contributed by atoms with Gasteiger partial charge in [-0.25, -0.2) is 0 Å². The number of alkyl halides is 3. The number of nitrogens with zero attached hydrogens (tertiary/aromatic N) is 1. The Morgan fingerprint density at radius 2 is 1.85 bits per heavy atom. The average molecular weight is 310 g/mol. The number of hydrogen-bond acceptors (Lipinski definition) is 2. The highest BCUT2D eigenvalue weighted by Crippen LogP contribution is 2.22. The number of carboxylic acid groups (broad SMARTS) is 1. The van der Waals surface area contributed by atoms with Crippen LogP contribution in [0.3, 0.4) is 0 Å². The summed E-state index contributed by atoms with van der Waals surface area (Å²) in [6, 6.07) is 6.11. The molecule has 0 aromatic heterocycles. The molecule has 0 spiro atoms. The molecular weight excluding hydrogens is 299 g/mol. The van der Waals surface area contributed by atoms with E-state index in [0.29, 0.717) is 10.5 Å². The van der Waals surface area contributed by atoms with Crippen molar-refractivity contribution in [3.63, 3.8) is 0 Å². The minimum atomic E-state index is -5.06. The molecule has 0 atom stereocenters. The zero-order valence-corrected chi connectivity index (χ0v) is 10.9. The van der Waals surface area contributed by atoms with Crippen LogP contribution in [-0.2, 0) is 16.1 Å². The zero-order chi connectivity index (χ0) is 15.3. The number of halogens is 4. The van der Waals surface area contributed by atoms with Crippen LogP contribution < -0.4 is 0 Å². The molecular formula is C12H11ClF3NO3. The summed E-state index contributed by atoms with van der Waals surface area (Å²) < 4.78 is 37.4. The highest BCUT2D eigenvalue weighted by molar-refractivity contribution is 6.31. The molecule has 4 nitrogen and oxygen atoms in total. The number of amides is 1. The Balaban J connectivity index is 2.90. The quantitative estimate of drug-likeness (QED) is 0.910. The molecule has 0 radical (unpaired) electrons. The van der Waals surface area contributed by atoms with Crippen LogP contribution in [-0.4, -0.2) is 34.6 Å². The van der Waals surface area contributed by atoms with Crippen LogP contribution in [0.4, 0.5) is 13.2 Å². The summed E-state index contributed by atoms with van der Waals surface area (Å²) >= 11 is 5.81. The third-order valence-electron chi connectivity index (χ3n) is 2.44. The summed E-state index contributed by atoms with van der Waals surface area (Å²) in [6.07, 6.45) is -5.63. The summed E-state index contributed by atoms with van der Waals surface area (Å²) in [6.45, 7) is -0.940. The fraction of sp³-hybridized carbons (Fsp3) is 0.333. The monoisotopic (exact) mass is 309 g/mol. The van der Waals surface area contributed by atoms with Crippen molar-refractivity contribution >= 4 is 23.5 Å². The molecule has 110 valence electrons. The summed E-state index contributed by atoms with van der Waals surface area (Å²) in [4.78, 5) is 22.1. The maximum atomic E-state index is 12.5. The van der Waals surface area contributed by atoms with Gasteiger partial charge in [0.15, 0.2) is 0 Å². The maximum Gasteiger partial charge on any atom is 0.471 e. The smallest absolute Gasteiger partial charge is 0.471 e. The van der Waals surface area contributed by atoms with Crippen molar-refractivity contribution in [1.29, 1.82) is 0 Å². The van der Waals surface area contributed by atoms with Gasteiger partial charge in [-0.3, -0.25) is 9.59 Å². The molecule has 1 aromatic carbocycles. The van der Waals surface area contributed by atoms with Crippen molar-refractivity contribution < 1.29 is 27.9 Å². The van der Waals surface area contributed by atoms with Crippen molar-refractivity contribution in [2.45, 2.75) is 19.1 Å². The normalized spacial score (nSPS) is 11.2. The number of carbonyl (C=O) groups is 2. The van der Waals surface area contributed by atoms with Crippen molar-refractivity contribution in [1.82, 2.24) is 4.90 Å². The molecule has 1 rings (SSSR count). The minimum Gasteiger partial charge on any atom is -0.481 e. The van der Waals surface area contributed by atoms with Gasteiger partial charge in [0.1, 0.15) is 0 Å². The lowest BCUT2D eigenvalue weighted by Crippen LogP contribution is -2.41. The first-order chi connectivity index (χ1) is 9.21. The Bertz CT molecular complexity index is 505. The van der Waals surface area contributed by atoms with E-state index in [-0.39, 0.29) is 5.02 Å². The molecule has 20 heavy (non-hydrogen) atoms. The van der Waals surface area contributed by atoms with Crippen molar-refractivity contribution in [2.24, 2.45) is 0 Å². The minimum absolute atomic E-state index is 0.211. The van der Waals surface area contributed by atoms with Gasteiger partial charge in [-0.2, -0.15) is 13.2 Å². The molecule has 0 saturated heterocycles. The van der Waals surface area contributed by atoms with Crippen LogP contribution in [0.25, 0.3) is 0 Å². The summed E-state index contributed by atoms with van der Waals surface area (Å²) in [5.41, 5.74) is 0.317. The predicted octanol–water partition coefficient (Wildman–Crippen LogP) is 2.71. The number of carboxylic acids is 1. The summed E-state index contributed by atoms with van der Waals surface area (Å²) in [5, 5.41) is 8.73. The van der Waals surface area contributed by atoms with E-state index in [0.717, 1.165) is 0 Å². The number of benzene rings is 1. The van der Waals surface area contributed by atoms with E-state index in [2.05, 4.69) is 0 Å². The van der Waals surface area contributed by atoms with Crippen LogP contribution in [0, 0.1) is 0 Å². The Kier molecular flexibility index (Phi) is 5.38. The summed E-state index contributed by atoms with van der Waals surface area (Å²) in [7, 11) is 0. The molecule has 8 heteroatoms. The highest BCUT2D eigenvalue weighted by atomic mass is 35.5. The molecule has 1 N–H and O–H groups in total.